The molecule has 0 bridgehead atoms. The molecule has 0 atom stereocenters. The van der Waals surface area contributed by atoms with E-state index in [-0.39, 0.29) is 23.8 Å². The number of pyridine rings is 1. The van der Waals surface area contributed by atoms with Gasteiger partial charge >= 0.3 is 0 Å². The summed E-state index contributed by atoms with van der Waals surface area (Å²) in [6, 6.07) is 8.23. The number of hydrogen-bond acceptors (Lipinski definition) is 7. The van der Waals surface area contributed by atoms with Crippen molar-refractivity contribution in [1.82, 2.24) is 9.88 Å². The molecule has 0 unspecified atom stereocenters. The molecule has 0 spiro atoms. The van der Waals surface area contributed by atoms with Crippen LogP contribution in [0.2, 0.25) is 0 Å². The van der Waals surface area contributed by atoms with Gasteiger partial charge in [0.05, 0.1) is 23.9 Å². The number of amides is 1. The minimum Gasteiger partial charge on any atom is -0.507 e. The first-order valence-corrected chi connectivity index (χ1v) is 10.0. The highest BCUT2D eigenvalue weighted by atomic mass is 32.2. The topological polar surface area (TPSA) is 100.0 Å². The molecule has 1 aliphatic rings. The molecular weight excluding hydrogens is 380 g/mol. The summed E-state index contributed by atoms with van der Waals surface area (Å²) in [6.07, 6.45) is 2.66. The van der Waals surface area contributed by atoms with Crippen LogP contribution in [-0.4, -0.2) is 70.6 Å². The van der Waals surface area contributed by atoms with E-state index in [0.29, 0.717) is 29.7 Å². The molecule has 1 aliphatic heterocycles. The number of ether oxygens (including phenoxy) is 1. The first kappa shape index (κ1) is 21.7. The number of nitrogens with zero attached hydrogens (tertiary/aromatic N) is 2. The van der Waals surface area contributed by atoms with Crippen LogP contribution in [0.4, 0.5) is 0 Å². The third kappa shape index (κ3) is 5.71. The second-order valence-electron chi connectivity index (χ2n) is 5.89. The Morgan fingerprint density at radius 1 is 1.29 bits per heavy atom. The number of hydrogen-bond donors (Lipinski definition) is 2. The van der Waals surface area contributed by atoms with Gasteiger partial charge in [-0.3, -0.25) is 14.6 Å². The Morgan fingerprint density at radius 3 is 2.64 bits per heavy atom. The van der Waals surface area contributed by atoms with E-state index in [0.717, 1.165) is 24.6 Å². The summed E-state index contributed by atoms with van der Waals surface area (Å²) in [4.78, 5) is 28.7. The lowest BCUT2D eigenvalue weighted by Gasteiger charge is -2.27. The highest BCUT2D eigenvalue weighted by Gasteiger charge is 2.20. The molecule has 2 heterocycles. The smallest absolute Gasteiger partial charge is 0.255 e. The molecule has 3 rings (SSSR count). The molecular formula is C20H24N2O5S. The fourth-order valence-electron chi connectivity index (χ4n) is 2.70. The molecule has 0 radical (unpaired) electrons. The van der Waals surface area contributed by atoms with E-state index in [4.69, 9.17) is 14.9 Å². The highest BCUT2D eigenvalue weighted by Crippen LogP contribution is 2.24. The van der Waals surface area contributed by atoms with Crippen LogP contribution in [0.3, 0.4) is 0 Å². The number of aliphatic hydroxyl groups is 1. The molecule has 1 aromatic heterocycles. The molecule has 1 amide bonds. The lowest BCUT2D eigenvalue weighted by molar-refractivity contribution is 0.0770. The van der Waals surface area contributed by atoms with Gasteiger partial charge in [-0.1, -0.05) is 6.07 Å². The van der Waals surface area contributed by atoms with E-state index in [9.17, 15) is 9.59 Å². The highest BCUT2D eigenvalue weighted by molar-refractivity contribution is 7.99. The number of carbonyl (C=O) groups excluding carboxylic acids is 2. The van der Waals surface area contributed by atoms with Crippen molar-refractivity contribution in [3.8, 4) is 11.5 Å². The third-order valence-corrected chi connectivity index (χ3v) is 5.09. The van der Waals surface area contributed by atoms with Gasteiger partial charge in [-0.05, 0) is 24.3 Å². The van der Waals surface area contributed by atoms with Crippen molar-refractivity contribution in [2.75, 3.05) is 38.3 Å². The Balaban J connectivity index is 0.000000221. The zero-order valence-electron chi connectivity index (χ0n) is 15.7. The zero-order chi connectivity index (χ0) is 20.4. The van der Waals surface area contributed by atoms with Crippen molar-refractivity contribution in [2.45, 2.75) is 6.42 Å². The van der Waals surface area contributed by atoms with Gasteiger partial charge in [-0.15, -0.1) is 0 Å². The minimum absolute atomic E-state index is 0.0210. The van der Waals surface area contributed by atoms with Gasteiger partial charge in [-0.2, -0.15) is 11.8 Å². The second kappa shape index (κ2) is 11.3. The van der Waals surface area contributed by atoms with Crippen LogP contribution in [0.1, 0.15) is 26.4 Å². The van der Waals surface area contributed by atoms with Gasteiger partial charge in [0.15, 0.2) is 6.29 Å². The van der Waals surface area contributed by atoms with Crippen LogP contribution in [0.25, 0.3) is 0 Å². The molecule has 1 fully saturated rings. The van der Waals surface area contributed by atoms with E-state index in [2.05, 4.69) is 4.98 Å². The average molecular weight is 404 g/mol. The summed E-state index contributed by atoms with van der Waals surface area (Å²) in [7, 11) is 1.45. The van der Waals surface area contributed by atoms with E-state index in [1.165, 1.54) is 13.2 Å². The van der Waals surface area contributed by atoms with Crippen LogP contribution in [0.15, 0.2) is 36.5 Å². The van der Waals surface area contributed by atoms with E-state index in [1.54, 1.807) is 30.5 Å². The fourth-order valence-corrected chi connectivity index (χ4v) is 3.61. The maximum atomic E-state index is 12.3. The van der Waals surface area contributed by atoms with E-state index < -0.39 is 0 Å². The number of thioether (sulfide) groups is 1. The van der Waals surface area contributed by atoms with Gasteiger partial charge in [0.2, 0.25) is 0 Å². The summed E-state index contributed by atoms with van der Waals surface area (Å²) in [5.41, 5.74) is 1.52. The zero-order valence-corrected chi connectivity index (χ0v) is 16.5. The van der Waals surface area contributed by atoms with Crippen molar-refractivity contribution in [3.05, 3.63) is 53.3 Å². The summed E-state index contributed by atoms with van der Waals surface area (Å²) >= 11 is 1.88. The van der Waals surface area contributed by atoms with Crippen molar-refractivity contribution >= 4 is 24.0 Å². The molecule has 0 aliphatic carbocycles. The average Bonchev–Trinajstić information content (AvgIpc) is 2.74. The number of aromatic nitrogens is 1. The molecule has 28 heavy (non-hydrogen) atoms. The predicted octanol–water partition coefficient (Wildman–Crippen LogP) is 2.02. The van der Waals surface area contributed by atoms with Crippen molar-refractivity contribution < 1.29 is 24.5 Å². The number of methoxy groups -OCH3 is 1. The first-order chi connectivity index (χ1) is 13.6. The summed E-state index contributed by atoms with van der Waals surface area (Å²) in [5, 5.41) is 18.1. The number of carbonyl (C=O) groups is 2. The summed E-state index contributed by atoms with van der Waals surface area (Å²) < 4.78 is 4.83. The SMILES string of the molecule is COc1cccc(O)c1C=O.O=C(c1cccnc1CCO)N1CCSCC1. The summed E-state index contributed by atoms with van der Waals surface area (Å²) in [5.74, 6) is 2.38. The molecule has 7 nitrogen and oxygen atoms in total. The Bertz CT molecular complexity index is 794. The number of aldehydes is 1. The molecule has 2 N–H and O–H groups in total. The third-order valence-electron chi connectivity index (χ3n) is 4.15. The van der Waals surface area contributed by atoms with Crippen molar-refractivity contribution in [2.24, 2.45) is 0 Å². The number of aliphatic hydroxyl groups excluding tert-OH is 1. The van der Waals surface area contributed by atoms with Gasteiger partial charge in [0.1, 0.15) is 11.5 Å². The predicted molar refractivity (Wildman–Crippen MR) is 108 cm³/mol. The van der Waals surface area contributed by atoms with Crippen molar-refractivity contribution in [3.63, 3.8) is 0 Å². The largest absolute Gasteiger partial charge is 0.507 e. The standard InChI is InChI=1S/C12H16N2O2S.C8H8O3/c15-7-3-11-10(2-1-4-13-11)12(16)14-5-8-17-9-6-14;1-11-8-4-2-3-7(10)6(8)5-9/h1-2,4,15H,3,5-9H2;2-5,10H,1H3. The van der Waals surface area contributed by atoms with Gasteiger partial charge in [0.25, 0.3) is 5.91 Å². The van der Waals surface area contributed by atoms with Crippen LogP contribution in [0, 0.1) is 0 Å². The van der Waals surface area contributed by atoms with Crippen LogP contribution >= 0.6 is 11.8 Å². The maximum Gasteiger partial charge on any atom is 0.255 e. The number of rotatable bonds is 5. The molecule has 150 valence electrons. The maximum absolute atomic E-state index is 12.3. The fraction of sp³-hybridized carbons (Fsp3) is 0.350. The van der Waals surface area contributed by atoms with E-state index in [1.807, 2.05) is 16.7 Å². The van der Waals surface area contributed by atoms with Crippen molar-refractivity contribution in [1.29, 1.82) is 0 Å². The number of benzene rings is 1. The molecule has 0 saturated carbocycles. The van der Waals surface area contributed by atoms with Gasteiger partial charge in [0, 0.05) is 43.8 Å². The number of aromatic hydroxyl groups is 1. The Morgan fingerprint density at radius 2 is 2.04 bits per heavy atom. The Labute approximate surface area is 168 Å². The Kier molecular flexibility index (Phi) is 8.77. The first-order valence-electron chi connectivity index (χ1n) is 8.85. The molecule has 1 saturated heterocycles. The second-order valence-corrected chi connectivity index (χ2v) is 7.11. The normalized spacial score (nSPS) is 13.3. The molecule has 2 aromatic rings. The number of phenols is 1. The van der Waals surface area contributed by atoms with Crippen LogP contribution < -0.4 is 4.74 Å². The minimum atomic E-state index is -0.0562. The van der Waals surface area contributed by atoms with Crippen LogP contribution in [0.5, 0.6) is 11.5 Å². The van der Waals surface area contributed by atoms with Gasteiger partial charge < -0.3 is 19.8 Å². The lowest BCUT2D eigenvalue weighted by atomic mass is 10.1. The summed E-state index contributed by atoms with van der Waals surface area (Å²) in [6.45, 7) is 1.63. The monoisotopic (exact) mass is 404 g/mol. The number of phenolic OH excluding ortho intramolecular Hbond substituents is 1. The molecule has 1 aromatic carbocycles. The molecule has 8 heteroatoms. The quantitative estimate of drug-likeness (QED) is 0.736. The van der Waals surface area contributed by atoms with Gasteiger partial charge in [-0.25, -0.2) is 0 Å². The van der Waals surface area contributed by atoms with E-state index >= 15 is 0 Å². The lowest BCUT2D eigenvalue weighted by Crippen LogP contribution is -2.38. The van der Waals surface area contributed by atoms with Crippen LogP contribution in [-0.2, 0) is 6.42 Å². The Hall–Kier alpha value is -2.58.